The van der Waals surface area contributed by atoms with E-state index in [0.717, 1.165) is 31.3 Å². The first kappa shape index (κ1) is 17.6. The van der Waals surface area contributed by atoms with Gasteiger partial charge in [-0.3, -0.25) is 4.79 Å². The molecule has 0 atom stereocenters. The van der Waals surface area contributed by atoms with E-state index in [4.69, 9.17) is 4.42 Å². The minimum Gasteiger partial charge on any atom is -0.450 e. The van der Waals surface area contributed by atoms with E-state index in [0.29, 0.717) is 28.2 Å². The van der Waals surface area contributed by atoms with Crippen molar-refractivity contribution >= 4 is 39.5 Å². The van der Waals surface area contributed by atoms with Crippen LogP contribution in [-0.2, 0) is 0 Å². The molecule has 0 unspecified atom stereocenters. The Bertz CT molecular complexity index is 1200. The van der Waals surface area contributed by atoms with Gasteiger partial charge in [0.2, 0.25) is 5.82 Å². The summed E-state index contributed by atoms with van der Waals surface area (Å²) in [6.45, 7) is 1.73. The van der Waals surface area contributed by atoms with Crippen LogP contribution in [0.2, 0.25) is 0 Å². The van der Waals surface area contributed by atoms with Crippen molar-refractivity contribution in [1.29, 1.82) is 0 Å². The summed E-state index contributed by atoms with van der Waals surface area (Å²) in [5.41, 5.74) is 2.43. The van der Waals surface area contributed by atoms with Crippen LogP contribution >= 0.6 is 0 Å². The lowest BCUT2D eigenvalue weighted by Crippen LogP contribution is -2.31. The normalized spacial score (nSPS) is 14.4. The highest BCUT2D eigenvalue weighted by Gasteiger charge is 2.23. The van der Waals surface area contributed by atoms with Crippen molar-refractivity contribution in [2.45, 2.75) is 19.3 Å². The van der Waals surface area contributed by atoms with E-state index in [-0.39, 0.29) is 11.6 Å². The third kappa shape index (κ3) is 3.29. The number of halogens is 1. The summed E-state index contributed by atoms with van der Waals surface area (Å²) in [6, 6.07) is 13.2. The van der Waals surface area contributed by atoms with Crippen LogP contribution in [0.5, 0.6) is 0 Å². The van der Waals surface area contributed by atoms with Gasteiger partial charge < -0.3 is 14.6 Å². The Morgan fingerprint density at radius 2 is 1.76 bits per heavy atom. The van der Waals surface area contributed by atoms with E-state index in [1.807, 2.05) is 24.3 Å². The quantitative estimate of drug-likeness (QED) is 0.546. The summed E-state index contributed by atoms with van der Waals surface area (Å²) in [6.07, 6.45) is 3.33. The third-order valence-corrected chi connectivity index (χ3v) is 5.16. The van der Waals surface area contributed by atoms with Crippen molar-refractivity contribution in [1.82, 2.24) is 9.97 Å². The van der Waals surface area contributed by atoms with Crippen LogP contribution in [0.1, 0.15) is 29.9 Å². The lowest BCUT2D eigenvalue weighted by molar-refractivity contribution is 0.101. The van der Waals surface area contributed by atoms with Crippen LogP contribution in [-0.4, -0.2) is 29.0 Å². The molecule has 146 valence electrons. The van der Waals surface area contributed by atoms with Gasteiger partial charge in [0.1, 0.15) is 16.9 Å². The van der Waals surface area contributed by atoms with Crippen LogP contribution in [0.3, 0.4) is 0 Å². The molecule has 4 aromatic rings. The number of anilines is 2. The van der Waals surface area contributed by atoms with Gasteiger partial charge in [-0.25, -0.2) is 14.4 Å². The molecule has 1 fully saturated rings. The summed E-state index contributed by atoms with van der Waals surface area (Å²) < 4.78 is 19.2. The summed E-state index contributed by atoms with van der Waals surface area (Å²) in [4.78, 5) is 24.1. The number of fused-ring (bicyclic) bond motifs is 3. The van der Waals surface area contributed by atoms with Gasteiger partial charge >= 0.3 is 0 Å². The smallest absolute Gasteiger partial charge is 0.293 e. The standard InChI is InChI=1S/C22H19FN4O2/c23-14-8-10-15(11-9-14)24-22(28)20-25-18-16-6-2-3-7-17(16)29-19(18)21(26-20)27-12-4-1-5-13-27/h2-3,6-11H,1,4-5,12-13H2,(H,24,28). The van der Waals surface area contributed by atoms with Gasteiger partial charge in [-0.05, 0) is 55.7 Å². The van der Waals surface area contributed by atoms with Crippen molar-refractivity contribution in [2.24, 2.45) is 0 Å². The highest BCUT2D eigenvalue weighted by atomic mass is 19.1. The Morgan fingerprint density at radius 1 is 1.00 bits per heavy atom. The topological polar surface area (TPSA) is 71.3 Å². The van der Waals surface area contributed by atoms with Gasteiger partial charge in [-0.15, -0.1) is 0 Å². The number of piperidine rings is 1. The molecule has 0 bridgehead atoms. The first-order valence-electron chi connectivity index (χ1n) is 9.70. The average Bonchev–Trinajstić information content (AvgIpc) is 3.14. The Kier molecular flexibility index (Phi) is 4.35. The number of carbonyl (C=O) groups is 1. The second-order valence-corrected chi connectivity index (χ2v) is 7.16. The number of hydrogen-bond acceptors (Lipinski definition) is 5. The van der Waals surface area contributed by atoms with Gasteiger partial charge in [-0.1, -0.05) is 12.1 Å². The molecule has 0 aliphatic carbocycles. The van der Waals surface area contributed by atoms with Gasteiger partial charge in [0.25, 0.3) is 5.91 Å². The molecule has 7 heteroatoms. The van der Waals surface area contributed by atoms with Gasteiger partial charge in [0.05, 0.1) is 0 Å². The van der Waals surface area contributed by atoms with Gasteiger partial charge in [-0.2, -0.15) is 0 Å². The number of para-hydroxylation sites is 1. The number of furan rings is 1. The molecule has 0 radical (unpaired) electrons. The molecule has 0 saturated carbocycles. The Morgan fingerprint density at radius 3 is 2.55 bits per heavy atom. The number of carbonyl (C=O) groups excluding carboxylic acids is 1. The van der Waals surface area contributed by atoms with E-state index < -0.39 is 5.91 Å². The number of nitrogens with zero attached hydrogens (tertiary/aromatic N) is 3. The zero-order valence-electron chi connectivity index (χ0n) is 15.7. The first-order chi connectivity index (χ1) is 14.2. The first-order valence-corrected chi connectivity index (χ1v) is 9.70. The van der Waals surface area contributed by atoms with Crippen LogP contribution in [0, 0.1) is 5.82 Å². The van der Waals surface area contributed by atoms with Crippen molar-refractivity contribution < 1.29 is 13.6 Å². The molecule has 3 heterocycles. The number of benzene rings is 2. The zero-order chi connectivity index (χ0) is 19.8. The molecule has 0 spiro atoms. The maximum absolute atomic E-state index is 13.1. The molecule has 2 aromatic carbocycles. The fourth-order valence-electron chi connectivity index (χ4n) is 3.72. The summed E-state index contributed by atoms with van der Waals surface area (Å²) >= 11 is 0. The SMILES string of the molecule is O=C(Nc1ccc(F)cc1)c1nc(N2CCCCC2)c2oc3ccccc3c2n1. The zero-order valence-corrected chi connectivity index (χ0v) is 15.7. The largest absolute Gasteiger partial charge is 0.450 e. The molecule has 1 aliphatic heterocycles. The summed E-state index contributed by atoms with van der Waals surface area (Å²) in [7, 11) is 0. The molecule has 6 nitrogen and oxygen atoms in total. The fourth-order valence-corrected chi connectivity index (χ4v) is 3.72. The number of aromatic nitrogens is 2. The summed E-state index contributed by atoms with van der Waals surface area (Å²) in [5, 5.41) is 3.59. The van der Waals surface area contributed by atoms with Crippen LogP contribution in [0.4, 0.5) is 15.9 Å². The molecular formula is C22H19FN4O2. The van der Waals surface area contributed by atoms with E-state index in [1.165, 1.54) is 30.7 Å². The Labute approximate surface area is 166 Å². The van der Waals surface area contributed by atoms with Crippen LogP contribution in [0.25, 0.3) is 22.1 Å². The predicted octanol–water partition coefficient (Wildman–Crippen LogP) is 4.76. The maximum Gasteiger partial charge on any atom is 0.293 e. The maximum atomic E-state index is 13.1. The van der Waals surface area contributed by atoms with Crippen LogP contribution < -0.4 is 10.2 Å². The molecule has 1 aliphatic rings. The Hall–Kier alpha value is -3.48. The van der Waals surface area contributed by atoms with Gasteiger partial charge in [0.15, 0.2) is 11.4 Å². The molecule has 1 N–H and O–H groups in total. The van der Waals surface area contributed by atoms with E-state index in [9.17, 15) is 9.18 Å². The minimum atomic E-state index is -0.443. The predicted molar refractivity (Wildman–Crippen MR) is 110 cm³/mol. The number of nitrogens with one attached hydrogen (secondary N) is 1. The summed E-state index contributed by atoms with van der Waals surface area (Å²) in [5.74, 6) is -0.0934. The van der Waals surface area contributed by atoms with Crippen molar-refractivity contribution in [3.63, 3.8) is 0 Å². The van der Waals surface area contributed by atoms with Crippen LogP contribution in [0.15, 0.2) is 52.9 Å². The molecule has 29 heavy (non-hydrogen) atoms. The van der Waals surface area contributed by atoms with Crippen molar-refractivity contribution in [2.75, 3.05) is 23.3 Å². The number of rotatable bonds is 3. The molecule has 5 rings (SSSR count). The molecule has 1 saturated heterocycles. The monoisotopic (exact) mass is 390 g/mol. The van der Waals surface area contributed by atoms with E-state index >= 15 is 0 Å². The lowest BCUT2D eigenvalue weighted by Gasteiger charge is -2.27. The average molecular weight is 390 g/mol. The highest BCUT2D eigenvalue weighted by molar-refractivity contribution is 6.09. The molecular weight excluding hydrogens is 371 g/mol. The Balaban J connectivity index is 1.61. The molecule has 1 amide bonds. The van der Waals surface area contributed by atoms with E-state index in [1.54, 1.807) is 0 Å². The van der Waals surface area contributed by atoms with E-state index in [2.05, 4.69) is 20.2 Å². The third-order valence-electron chi connectivity index (χ3n) is 5.16. The van der Waals surface area contributed by atoms with Crippen molar-refractivity contribution in [3.05, 3.63) is 60.2 Å². The lowest BCUT2D eigenvalue weighted by atomic mass is 10.1. The number of hydrogen-bond donors (Lipinski definition) is 1. The van der Waals surface area contributed by atoms with Gasteiger partial charge in [0, 0.05) is 24.2 Å². The minimum absolute atomic E-state index is 0.0638. The molecule has 2 aromatic heterocycles. The fraction of sp³-hybridized carbons (Fsp3) is 0.227. The second-order valence-electron chi connectivity index (χ2n) is 7.16. The highest BCUT2D eigenvalue weighted by Crippen LogP contribution is 2.34. The number of amides is 1. The second kappa shape index (κ2) is 7.16. The van der Waals surface area contributed by atoms with Crippen molar-refractivity contribution in [3.8, 4) is 0 Å².